The van der Waals surface area contributed by atoms with E-state index in [0.29, 0.717) is 48.5 Å². The molecular weight excluding hydrogens is 444 g/mol. The molecule has 2 aromatic carbocycles. The number of piperidine rings is 1. The Labute approximate surface area is 192 Å². The molecule has 0 atom stereocenters. The minimum absolute atomic E-state index is 0.167. The zero-order chi connectivity index (χ0) is 22.9. The number of nitrogens with one attached hydrogen (secondary N) is 1. The number of halogens is 2. The van der Waals surface area contributed by atoms with Crippen molar-refractivity contribution in [1.29, 1.82) is 0 Å². The lowest BCUT2D eigenvalue weighted by Crippen LogP contribution is -2.36. The van der Waals surface area contributed by atoms with E-state index in [1.54, 1.807) is 0 Å². The summed E-state index contributed by atoms with van der Waals surface area (Å²) in [5.41, 5.74) is 0.694. The number of carbonyl (C=O) groups excluding carboxylic acids is 1. The average Bonchev–Trinajstić information content (AvgIpc) is 3.26. The van der Waals surface area contributed by atoms with Gasteiger partial charge in [0.25, 0.3) is 5.56 Å². The maximum Gasteiger partial charge on any atom is 0.259 e. The number of benzene rings is 2. The van der Waals surface area contributed by atoms with Gasteiger partial charge in [-0.25, -0.2) is 13.8 Å². The number of thiophene rings is 1. The SMILES string of the molecule is O=C(c1cc(F)ccc1F)C1CCN(Cc2nc3sc(-c4ccccc4)cc3c(=O)[nH]2)CC1. The van der Waals surface area contributed by atoms with Gasteiger partial charge in [0.15, 0.2) is 5.78 Å². The molecule has 2 aromatic heterocycles. The highest BCUT2D eigenvalue weighted by Crippen LogP contribution is 2.31. The molecule has 0 radical (unpaired) electrons. The van der Waals surface area contributed by atoms with E-state index in [9.17, 15) is 18.4 Å². The number of nitrogens with zero attached hydrogens (tertiary/aromatic N) is 2. The van der Waals surface area contributed by atoms with Gasteiger partial charge >= 0.3 is 0 Å². The molecule has 1 fully saturated rings. The molecule has 4 aromatic rings. The Morgan fingerprint density at radius 1 is 1.09 bits per heavy atom. The summed E-state index contributed by atoms with van der Waals surface area (Å²) >= 11 is 1.48. The first-order chi connectivity index (χ1) is 16.0. The van der Waals surface area contributed by atoms with Crippen molar-refractivity contribution in [3.63, 3.8) is 0 Å². The van der Waals surface area contributed by atoms with Crippen LogP contribution in [-0.4, -0.2) is 33.7 Å². The fourth-order valence-corrected chi connectivity index (χ4v) is 5.32. The van der Waals surface area contributed by atoms with Gasteiger partial charge in [0, 0.05) is 10.8 Å². The summed E-state index contributed by atoms with van der Waals surface area (Å²) in [4.78, 5) is 36.6. The third kappa shape index (κ3) is 4.49. The van der Waals surface area contributed by atoms with Gasteiger partial charge in [-0.05, 0) is 55.8 Å². The summed E-state index contributed by atoms with van der Waals surface area (Å²) in [5, 5.41) is 0.573. The molecule has 168 valence electrons. The number of likely N-dealkylation sites (tertiary alicyclic amines) is 1. The van der Waals surface area contributed by atoms with Gasteiger partial charge in [-0.15, -0.1) is 11.3 Å². The Kier molecular flexibility index (Phi) is 5.86. The second kappa shape index (κ2) is 8.96. The summed E-state index contributed by atoms with van der Waals surface area (Å²) in [6, 6.07) is 14.7. The van der Waals surface area contributed by atoms with Crippen LogP contribution in [0, 0.1) is 17.6 Å². The fourth-order valence-electron chi connectivity index (χ4n) is 4.27. The third-order valence-electron chi connectivity index (χ3n) is 6.04. The Balaban J connectivity index is 1.28. The minimum atomic E-state index is -0.690. The number of hydrogen-bond donors (Lipinski definition) is 1. The molecule has 1 aliphatic heterocycles. The lowest BCUT2D eigenvalue weighted by atomic mass is 9.88. The number of ketones is 1. The number of Topliss-reactive ketones (excluding diaryl/α,β-unsaturated/α-hetero) is 1. The molecule has 5 nitrogen and oxygen atoms in total. The molecule has 8 heteroatoms. The van der Waals surface area contributed by atoms with Crippen LogP contribution in [0.1, 0.15) is 29.0 Å². The van der Waals surface area contributed by atoms with Crippen LogP contribution in [0.15, 0.2) is 59.4 Å². The van der Waals surface area contributed by atoms with E-state index in [4.69, 9.17) is 0 Å². The predicted molar refractivity (Wildman–Crippen MR) is 124 cm³/mol. The van der Waals surface area contributed by atoms with Crippen molar-refractivity contribution in [2.45, 2.75) is 19.4 Å². The second-order valence-electron chi connectivity index (χ2n) is 8.25. The van der Waals surface area contributed by atoms with Crippen LogP contribution >= 0.6 is 11.3 Å². The first kappa shape index (κ1) is 21.6. The van der Waals surface area contributed by atoms with E-state index >= 15 is 0 Å². The van der Waals surface area contributed by atoms with Crippen molar-refractivity contribution in [2.24, 2.45) is 5.92 Å². The van der Waals surface area contributed by atoms with E-state index < -0.39 is 11.6 Å². The van der Waals surface area contributed by atoms with Crippen molar-refractivity contribution in [1.82, 2.24) is 14.9 Å². The number of fused-ring (bicyclic) bond motifs is 1. The molecule has 33 heavy (non-hydrogen) atoms. The lowest BCUT2D eigenvalue weighted by molar-refractivity contribution is 0.0828. The molecule has 0 saturated carbocycles. The molecule has 0 bridgehead atoms. The predicted octanol–water partition coefficient (Wildman–Crippen LogP) is 5.02. The Hall–Kier alpha value is -3.23. The van der Waals surface area contributed by atoms with Crippen molar-refractivity contribution in [3.05, 3.63) is 88.0 Å². The fraction of sp³-hybridized carbons (Fsp3) is 0.240. The molecule has 5 rings (SSSR count). The first-order valence-corrected chi connectivity index (χ1v) is 11.6. The highest BCUT2D eigenvalue weighted by atomic mass is 32.1. The first-order valence-electron chi connectivity index (χ1n) is 10.8. The Bertz CT molecular complexity index is 1380. The smallest absolute Gasteiger partial charge is 0.259 e. The standard InChI is InChI=1S/C25H21F2N3O2S/c26-17-6-7-20(27)18(12-17)23(31)16-8-10-30(11-9-16)14-22-28-24(32)19-13-21(33-25(19)29-22)15-4-2-1-3-5-15/h1-7,12-13,16H,8-11,14H2,(H,28,29,32). The van der Waals surface area contributed by atoms with Crippen LogP contribution in [0.25, 0.3) is 20.7 Å². The zero-order valence-corrected chi connectivity index (χ0v) is 18.5. The molecular formula is C25H21F2N3O2S. The number of H-pyrrole nitrogens is 1. The van der Waals surface area contributed by atoms with Crippen molar-refractivity contribution >= 4 is 27.3 Å². The third-order valence-corrected chi connectivity index (χ3v) is 7.11. The number of aromatic amines is 1. The van der Waals surface area contributed by atoms with Crippen molar-refractivity contribution in [2.75, 3.05) is 13.1 Å². The molecule has 1 N–H and O–H groups in total. The summed E-state index contributed by atoms with van der Waals surface area (Å²) in [6.45, 7) is 1.67. The molecule has 0 aliphatic carbocycles. The van der Waals surface area contributed by atoms with E-state index in [-0.39, 0.29) is 22.8 Å². The van der Waals surface area contributed by atoms with E-state index in [1.807, 2.05) is 36.4 Å². The van der Waals surface area contributed by atoms with Gasteiger partial charge in [-0.1, -0.05) is 30.3 Å². The van der Waals surface area contributed by atoms with Crippen molar-refractivity contribution < 1.29 is 13.6 Å². The van der Waals surface area contributed by atoms with Gasteiger partial charge in [-0.2, -0.15) is 0 Å². The number of hydrogen-bond acceptors (Lipinski definition) is 5. The normalized spacial score (nSPS) is 15.2. The highest BCUT2D eigenvalue weighted by molar-refractivity contribution is 7.21. The average molecular weight is 466 g/mol. The van der Waals surface area contributed by atoms with Gasteiger partial charge in [0.1, 0.15) is 22.3 Å². The molecule has 0 unspecified atom stereocenters. The summed E-state index contributed by atoms with van der Waals surface area (Å²) in [5.74, 6) is -1.43. The molecule has 3 heterocycles. The maximum atomic E-state index is 14.0. The lowest BCUT2D eigenvalue weighted by Gasteiger charge is -2.30. The Morgan fingerprint density at radius 3 is 2.61 bits per heavy atom. The van der Waals surface area contributed by atoms with Crippen LogP contribution in [0.5, 0.6) is 0 Å². The van der Waals surface area contributed by atoms with Crippen LogP contribution in [0.2, 0.25) is 0 Å². The van der Waals surface area contributed by atoms with E-state index in [0.717, 1.165) is 28.6 Å². The quantitative estimate of drug-likeness (QED) is 0.420. The maximum absolute atomic E-state index is 14.0. The van der Waals surface area contributed by atoms with E-state index in [1.165, 1.54) is 11.3 Å². The van der Waals surface area contributed by atoms with Crippen LogP contribution < -0.4 is 5.56 Å². The monoisotopic (exact) mass is 465 g/mol. The number of aromatic nitrogens is 2. The zero-order valence-electron chi connectivity index (χ0n) is 17.7. The largest absolute Gasteiger partial charge is 0.309 e. The highest BCUT2D eigenvalue weighted by Gasteiger charge is 2.28. The van der Waals surface area contributed by atoms with Gasteiger partial charge in [0.2, 0.25) is 0 Å². The molecule has 0 spiro atoms. The van der Waals surface area contributed by atoms with E-state index in [2.05, 4.69) is 14.9 Å². The summed E-state index contributed by atoms with van der Waals surface area (Å²) < 4.78 is 27.4. The van der Waals surface area contributed by atoms with Crippen LogP contribution in [0.4, 0.5) is 8.78 Å². The Morgan fingerprint density at radius 2 is 1.85 bits per heavy atom. The topological polar surface area (TPSA) is 66.1 Å². The minimum Gasteiger partial charge on any atom is -0.309 e. The molecule has 1 aliphatic rings. The molecule has 1 saturated heterocycles. The summed E-state index contributed by atoms with van der Waals surface area (Å²) in [7, 11) is 0. The summed E-state index contributed by atoms with van der Waals surface area (Å²) in [6.07, 6.45) is 1.08. The second-order valence-corrected chi connectivity index (χ2v) is 9.28. The molecule has 0 amide bonds. The number of rotatable bonds is 5. The van der Waals surface area contributed by atoms with Gasteiger partial charge in [-0.3, -0.25) is 14.5 Å². The van der Waals surface area contributed by atoms with Crippen LogP contribution in [0.3, 0.4) is 0 Å². The number of carbonyl (C=O) groups is 1. The van der Waals surface area contributed by atoms with Gasteiger partial charge in [0.05, 0.1) is 17.5 Å². The van der Waals surface area contributed by atoms with Crippen molar-refractivity contribution in [3.8, 4) is 10.4 Å². The van der Waals surface area contributed by atoms with Crippen LogP contribution in [-0.2, 0) is 6.54 Å². The van der Waals surface area contributed by atoms with Gasteiger partial charge < -0.3 is 4.98 Å².